The maximum absolute atomic E-state index is 13.2. The highest BCUT2D eigenvalue weighted by Crippen LogP contribution is 2.61. The number of methoxy groups -OCH3 is 1. The van der Waals surface area contributed by atoms with Gasteiger partial charge in [0.05, 0.1) is 24.5 Å². The minimum Gasteiger partial charge on any atom is -0.465 e. The summed E-state index contributed by atoms with van der Waals surface area (Å²) in [6.45, 7) is -0.293. The van der Waals surface area contributed by atoms with Crippen LogP contribution in [-0.4, -0.2) is 42.2 Å². The summed E-state index contributed by atoms with van der Waals surface area (Å²) in [7, 11) is 1.30. The van der Waals surface area contributed by atoms with Crippen LogP contribution in [0.1, 0.15) is 34.7 Å². The number of anilines is 1. The normalized spacial score (nSPS) is 28.0. The summed E-state index contributed by atoms with van der Waals surface area (Å²) in [6, 6.07) is 16.4. The third-order valence-corrected chi connectivity index (χ3v) is 7.23. The van der Waals surface area contributed by atoms with Gasteiger partial charge in [0.15, 0.2) is 0 Å². The summed E-state index contributed by atoms with van der Waals surface area (Å²) < 4.78 is 4.66. The first kappa shape index (κ1) is 20.4. The monoisotopic (exact) mass is 432 g/mol. The van der Waals surface area contributed by atoms with Crippen LogP contribution in [0, 0.1) is 23.7 Å². The summed E-state index contributed by atoms with van der Waals surface area (Å²) in [4.78, 5) is 51.5. The molecule has 1 aliphatic heterocycles. The molecule has 1 heterocycles. The van der Waals surface area contributed by atoms with Gasteiger partial charge < -0.3 is 10.1 Å². The van der Waals surface area contributed by atoms with E-state index in [1.165, 1.54) is 12.7 Å². The van der Waals surface area contributed by atoms with Crippen molar-refractivity contribution in [1.29, 1.82) is 0 Å². The smallest absolute Gasteiger partial charge is 0.337 e. The van der Waals surface area contributed by atoms with E-state index in [2.05, 4.69) is 22.2 Å². The van der Waals surface area contributed by atoms with Gasteiger partial charge in [-0.2, -0.15) is 0 Å². The van der Waals surface area contributed by atoms with Gasteiger partial charge >= 0.3 is 5.97 Å². The molecule has 2 aliphatic carbocycles. The van der Waals surface area contributed by atoms with Gasteiger partial charge in [0, 0.05) is 5.69 Å². The number of likely N-dealkylation sites (tertiary alicyclic amines) is 1. The molecule has 7 heteroatoms. The third kappa shape index (κ3) is 3.28. The number of hydrogen-bond acceptors (Lipinski definition) is 5. The second kappa shape index (κ2) is 7.89. The second-order valence-electron chi connectivity index (χ2n) is 8.84. The number of carbonyl (C=O) groups is 4. The third-order valence-electron chi connectivity index (χ3n) is 7.23. The molecular weight excluding hydrogens is 408 g/mol. The molecule has 0 spiro atoms. The zero-order valence-corrected chi connectivity index (χ0v) is 17.7. The Morgan fingerprint density at radius 3 is 2.34 bits per heavy atom. The Balaban J connectivity index is 1.26. The standard InChI is InChI=1S/C25H24N2O5/c1-32-25(31)15-7-9-17(10-8-15)26-20(28)13-27-23(29)21-16-11-18(14-5-3-2-4-6-14)19(12-16)22(21)24(27)30/h2-10,16,18-19,21-22H,11-13H2,1H3,(H,26,28)/t16-,18-,19+,21+,22-/m1/s1. The van der Waals surface area contributed by atoms with E-state index < -0.39 is 11.9 Å². The molecule has 0 unspecified atom stereocenters. The average Bonchev–Trinajstić information content (AvgIpc) is 3.47. The molecule has 7 nitrogen and oxygen atoms in total. The first-order valence-electron chi connectivity index (χ1n) is 10.9. The van der Waals surface area contributed by atoms with Gasteiger partial charge in [-0.05, 0) is 60.4 Å². The van der Waals surface area contributed by atoms with Gasteiger partial charge in [0.25, 0.3) is 0 Å². The summed E-state index contributed by atoms with van der Waals surface area (Å²) in [6.07, 6.45) is 1.82. The van der Waals surface area contributed by atoms with Crippen molar-refractivity contribution in [1.82, 2.24) is 4.90 Å². The number of esters is 1. The summed E-state index contributed by atoms with van der Waals surface area (Å²) in [5, 5.41) is 2.70. The van der Waals surface area contributed by atoms with E-state index in [0.29, 0.717) is 17.2 Å². The first-order chi connectivity index (χ1) is 15.5. The topological polar surface area (TPSA) is 92.8 Å². The van der Waals surface area contributed by atoms with Crippen molar-refractivity contribution in [3.8, 4) is 0 Å². The van der Waals surface area contributed by atoms with E-state index in [4.69, 9.17) is 0 Å². The lowest BCUT2D eigenvalue weighted by Gasteiger charge is -2.28. The van der Waals surface area contributed by atoms with Crippen LogP contribution in [0.15, 0.2) is 54.6 Å². The van der Waals surface area contributed by atoms with Crippen molar-refractivity contribution in [2.24, 2.45) is 23.7 Å². The molecule has 1 N–H and O–H groups in total. The highest BCUT2D eigenvalue weighted by molar-refractivity contribution is 6.09. The fourth-order valence-electron chi connectivity index (χ4n) is 5.91. The Morgan fingerprint density at radius 2 is 1.66 bits per heavy atom. The molecule has 3 amide bonds. The molecule has 3 fully saturated rings. The van der Waals surface area contributed by atoms with Gasteiger partial charge in [-0.1, -0.05) is 30.3 Å². The van der Waals surface area contributed by atoms with Crippen LogP contribution in [0.3, 0.4) is 0 Å². The molecule has 2 aromatic carbocycles. The van der Waals surface area contributed by atoms with E-state index >= 15 is 0 Å². The summed E-state index contributed by atoms with van der Waals surface area (Å²) >= 11 is 0. The lowest BCUT2D eigenvalue weighted by atomic mass is 9.73. The van der Waals surface area contributed by atoms with E-state index in [9.17, 15) is 19.2 Å². The highest BCUT2D eigenvalue weighted by Gasteiger charge is 2.63. The van der Waals surface area contributed by atoms with E-state index in [-0.39, 0.29) is 42.0 Å². The average molecular weight is 432 g/mol. The minimum atomic E-state index is -0.467. The fraction of sp³-hybridized carbons (Fsp3) is 0.360. The predicted molar refractivity (Wildman–Crippen MR) is 116 cm³/mol. The van der Waals surface area contributed by atoms with Crippen molar-refractivity contribution in [3.05, 3.63) is 65.7 Å². The molecular formula is C25H24N2O5. The molecule has 32 heavy (non-hydrogen) atoms. The van der Waals surface area contributed by atoms with E-state index in [0.717, 1.165) is 17.7 Å². The fourth-order valence-corrected chi connectivity index (χ4v) is 5.91. The van der Waals surface area contributed by atoms with Crippen LogP contribution in [0.25, 0.3) is 0 Å². The number of fused-ring (bicyclic) bond motifs is 5. The molecule has 1 saturated heterocycles. The van der Waals surface area contributed by atoms with Gasteiger partial charge in [-0.3, -0.25) is 19.3 Å². The van der Waals surface area contributed by atoms with Crippen molar-refractivity contribution in [2.45, 2.75) is 18.8 Å². The van der Waals surface area contributed by atoms with Crippen molar-refractivity contribution in [3.63, 3.8) is 0 Å². The van der Waals surface area contributed by atoms with Crippen LogP contribution in [0.5, 0.6) is 0 Å². The number of carbonyl (C=O) groups excluding carboxylic acids is 4. The molecule has 0 radical (unpaired) electrons. The summed E-state index contributed by atoms with van der Waals surface area (Å²) in [5.41, 5.74) is 2.07. The van der Waals surface area contributed by atoms with Gasteiger partial charge in [0.2, 0.25) is 17.7 Å². The molecule has 2 saturated carbocycles. The Kier molecular flexibility index (Phi) is 5.04. The minimum absolute atomic E-state index is 0.155. The Morgan fingerprint density at radius 1 is 0.969 bits per heavy atom. The number of nitrogens with one attached hydrogen (secondary N) is 1. The summed E-state index contributed by atoms with van der Waals surface area (Å²) in [5.74, 6) is -1.30. The molecule has 164 valence electrons. The Bertz CT molecular complexity index is 1080. The van der Waals surface area contributed by atoms with Crippen molar-refractivity contribution < 1.29 is 23.9 Å². The number of rotatable bonds is 5. The predicted octanol–water partition coefficient (Wildman–Crippen LogP) is 2.84. The molecule has 2 bridgehead atoms. The van der Waals surface area contributed by atoms with Crippen LogP contribution >= 0.6 is 0 Å². The largest absolute Gasteiger partial charge is 0.465 e. The number of amides is 3. The zero-order valence-electron chi connectivity index (χ0n) is 17.7. The lowest BCUT2D eigenvalue weighted by molar-refractivity contribution is -0.143. The SMILES string of the molecule is COC(=O)c1ccc(NC(=O)CN2C(=O)[C@@H]3[C@H]4C[C@@H](C[C@@H]4c4ccccc4)[C@@H]3C2=O)cc1. The van der Waals surface area contributed by atoms with Gasteiger partial charge in [-0.25, -0.2) is 4.79 Å². The highest BCUT2D eigenvalue weighted by atomic mass is 16.5. The maximum atomic E-state index is 13.2. The maximum Gasteiger partial charge on any atom is 0.337 e. The number of benzene rings is 2. The van der Waals surface area contributed by atoms with Crippen molar-refractivity contribution in [2.75, 3.05) is 19.0 Å². The number of nitrogens with zero attached hydrogens (tertiary/aromatic N) is 1. The van der Waals surface area contributed by atoms with Crippen LogP contribution in [-0.2, 0) is 19.1 Å². The van der Waals surface area contributed by atoms with Gasteiger partial charge in [0.1, 0.15) is 6.54 Å². The zero-order chi connectivity index (χ0) is 22.4. The lowest BCUT2D eigenvalue weighted by Crippen LogP contribution is -2.39. The quantitative estimate of drug-likeness (QED) is 0.579. The molecule has 5 rings (SSSR count). The van der Waals surface area contributed by atoms with E-state index in [1.54, 1.807) is 24.3 Å². The van der Waals surface area contributed by atoms with Gasteiger partial charge in [-0.15, -0.1) is 0 Å². The second-order valence-corrected chi connectivity index (χ2v) is 8.84. The molecule has 5 atom stereocenters. The molecule has 0 aromatic heterocycles. The first-order valence-corrected chi connectivity index (χ1v) is 10.9. The number of hydrogen-bond donors (Lipinski definition) is 1. The van der Waals surface area contributed by atoms with Crippen LogP contribution in [0.2, 0.25) is 0 Å². The van der Waals surface area contributed by atoms with Crippen LogP contribution in [0.4, 0.5) is 5.69 Å². The Hall–Kier alpha value is -3.48. The molecule has 3 aliphatic rings. The van der Waals surface area contributed by atoms with Crippen LogP contribution < -0.4 is 5.32 Å². The Labute approximate surface area is 185 Å². The van der Waals surface area contributed by atoms with Crippen molar-refractivity contribution >= 4 is 29.4 Å². The van der Waals surface area contributed by atoms with E-state index in [1.807, 2.05) is 18.2 Å². The molecule has 2 aromatic rings. The number of ether oxygens (including phenoxy) is 1. The number of imide groups is 1.